The number of nitrogens with zero attached hydrogens (tertiary/aromatic N) is 2. The molecule has 1 aliphatic heterocycles. The molecule has 1 aromatic rings. The van der Waals surface area contributed by atoms with Crippen molar-refractivity contribution in [3.63, 3.8) is 0 Å². The van der Waals surface area contributed by atoms with Crippen molar-refractivity contribution in [1.29, 1.82) is 0 Å². The molecule has 1 atom stereocenters. The van der Waals surface area contributed by atoms with Gasteiger partial charge in [-0.25, -0.2) is 0 Å². The van der Waals surface area contributed by atoms with Gasteiger partial charge >= 0.3 is 0 Å². The average molecular weight is 190 g/mol. The second kappa shape index (κ2) is 3.87. The van der Waals surface area contributed by atoms with E-state index in [2.05, 4.69) is 15.5 Å². The van der Waals surface area contributed by atoms with Crippen molar-refractivity contribution in [2.45, 2.75) is 25.8 Å². The fourth-order valence-electron chi connectivity index (χ4n) is 1.36. The van der Waals surface area contributed by atoms with E-state index < -0.39 is 0 Å². The summed E-state index contributed by atoms with van der Waals surface area (Å²) in [6.07, 6.45) is 2.33. The van der Waals surface area contributed by atoms with Crippen molar-refractivity contribution in [2.24, 2.45) is 0 Å². The number of hydrogen-bond acceptors (Lipinski definition) is 4. The molecule has 2 heterocycles. The maximum atomic E-state index is 4.88. The number of hydrogen-bond donors (Lipinski definition) is 1. The van der Waals surface area contributed by atoms with E-state index in [1.807, 2.05) is 6.92 Å². The lowest BCUT2D eigenvalue weighted by atomic mass is 10.2. The molecule has 1 saturated heterocycles. The normalized spacial score (nSPS) is 22.2. The summed E-state index contributed by atoms with van der Waals surface area (Å²) in [6, 6.07) is 0.326. The molecular formula is C7H12ClN3O. The van der Waals surface area contributed by atoms with Gasteiger partial charge in [0.1, 0.15) is 0 Å². The molecule has 0 bridgehead atoms. The quantitative estimate of drug-likeness (QED) is 0.722. The van der Waals surface area contributed by atoms with Crippen LogP contribution in [0.4, 0.5) is 0 Å². The van der Waals surface area contributed by atoms with Crippen LogP contribution < -0.4 is 5.32 Å². The van der Waals surface area contributed by atoms with Gasteiger partial charge in [-0.05, 0) is 19.4 Å². The van der Waals surface area contributed by atoms with E-state index in [-0.39, 0.29) is 12.4 Å². The average Bonchev–Trinajstić information content (AvgIpc) is 2.55. The molecule has 0 saturated carbocycles. The van der Waals surface area contributed by atoms with Crippen molar-refractivity contribution in [3.05, 3.63) is 11.7 Å². The van der Waals surface area contributed by atoms with E-state index in [1.165, 1.54) is 6.42 Å². The van der Waals surface area contributed by atoms with Crippen LogP contribution in [0, 0.1) is 6.92 Å². The van der Waals surface area contributed by atoms with Crippen LogP contribution in [-0.4, -0.2) is 16.7 Å². The lowest BCUT2D eigenvalue weighted by molar-refractivity contribution is 0.381. The van der Waals surface area contributed by atoms with Gasteiger partial charge in [0.2, 0.25) is 5.89 Å². The molecule has 1 fully saturated rings. The summed E-state index contributed by atoms with van der Waals surface area (Å²) < 4.78 is 4.88. The lowest BCUT2D eigenvalue weighted by Crippen LogP contribution is -2.14. The van der Waals surface area contributed by atoms with E-state index in [0.717, 1.165) is 18.8 Å². The van der Waals surface area contributed by atoms with E-state index in [9.17, 15) is 0 Å². The second-order valence-corrected chi connectivity index (χ2v) is 2.82. The van der Waals surface area contributed by atoms with Crippen LogP contribution in [0.2, 0.25) is 0 Å². The van der Waals surface area contributed by atoms with Crippen molar-refractivity contribution < 1.29 is 4.52 Å². The highest BCUT2D eigenvalue weighted by Crippen LogP contribution is 2.19. The molecule has 0 radical (unpaired) electrons. The molecule has 0 amide bonds. The first kappa shape index (κ1) is 9.48. The summed E-state index contributed by atoms with van der Waals surface area (Å²) in [5.74, 6) is 1.45. The van der Waals surface area contributed by atoms with Crippen LogP contribution in [0.5, 0.6) is 0 Å². The Morgan fingerprint density at radius 3 is 2.92 bits per heavy atom. The lowest BCUT2D eigenvalue weighted by Gasteiger charge is -2.01. The maximum absolute atomic E-state index is 4.88. The topological polar surface area (TPSA) is 51.0 Å². The van der Waals surface area contributed by atoms with Crippen LogP contribution in [0.25, 0.3) is 0 Å². The zero-order chi connectivity index (χ0) is 7.68. The fraction of sp³-hybridized carbons (Fsp3) is 0.714. The molecule has 68 valence electrons. The van der Waals surface area contributed by atoms with Gasteiger partial charge in [-0.15, -0.1) is 12.4 Å². The molecule has 0 spiro atoms. The van der Waals surface area contributed by atoms with Crippen molar-refractivity contribution in [1.82, 2.24) is 15.5 Å². The summed E-state index contributed by atoms with van der Waals surface area (Å²) >= 11 is 0. The van der Waals surface area contributed by atoms with Crippen molar-refractivity contribution >= 4 is 12.4 Å². The van der Waals surface area contributed by atoms with E-state index >= 15 is 0 Å². The van der Waals surface area contributed by atoms with Crippen LogP contribution in [-0.2, 0) is 0 Å². The standard InChI is InChI=1S/C7H11N3O.ClH/c1-5-9-7(10-11-5)6-3-2-4-8-6;/h6,8H,2-4H2,1H3;1H. The number of aryl methyl sites for hydroxylation is 1. The zero-order valence-electron chi connectivity index (χ0n) is 6.91. The molecule has 12 heavy (non-hydrogen) atoms. The number of halogens is 1. The molecule has 2 rings (SSSR count). The van der Waals surface area contributed by atoms with Crippen molar-refractivity contribution in [2.75, 3.05) is 6.54 Å². The van der Waals surface area contributed by atoms with Gasteiger partial charge in [0.25, 0.3) is 0 Å². The molecule has 1 unspecified atom stereocenters. The molecular weight excluding hydrogens is 178 g/mol. The largest absolute Gasteiger partial charge is 0.340 e. The Morgan fingerprint density at radius 2 is 2.42 bits per heavy atom. The minimum Gasteiger partial charge on any atom is -0.340 e. The third-order valence-corrected chi connectivity index (χ3v) is 1.92. The van der Waals surface area contributed by atoms with Crippen LogP contribution in [0.1, 0.15) is 30.6 Å². The highest BCUT2D eigenvalue weighted by atomic mass is 35.5. The number of aromatic nitrogens is 2. The van der Waals surface area contributed by atoms with Crippen LogP contribution in [0.3, 0.4) is 0 Å². The van der Waals surface area contributed by atoms with Gasteiger partial charge in [0.05, 0.1) is 6.04 Å². The Bertz CT molecular complexity index is 245. The van der Waals surface area contributed by atoms with E-state index in [0.29, 0.717) is 11.9 Å². The molecule has 5 heteroatoms. The molecule has 1 N–H and O–H groups in total. The van der Waals surface area contributed by atoms with Gasteiger partial charge in [0, 0.05) is 6.92 Å². The first-order valence-electron chi connectivity index (χ1n) is 3.90. The van der Waals surface area contributed by atoms with E-state index in [4.69, 9.17) is 4.52 Å². The van der Waals surface area contributed by atoms with Gasteiger partial charge < -0.3 is 9.84 Å². The first-order valence-corrected chi connectivity index (χ1v) is 3.90. The molecule has 1 aliphatic rings. The molecule has 4 nitrogen and oxygen atoms in total. The minimum atomic E-state index is 0. The third kappa shape index (κ3) is 1.76. The molecule has 0 aliphatic carbocycles. The van der Waals surface area contributed by atoms with Gasteiger partial charge in [-0.2, -0.15) is 4.98 Å². The van der Waals surface area contributed by atoms with Crippen LogP contribution >= 0.6 is 12.4 Å². The first-order chi connectivity index (χ1) is 5.36. The SMILES string of the molecule is Cc1nc(C2CCCN2)no1.Cl. The Balaban J connectivity index is 0.000000720. The second-order valence-electron chi connectivity index (χ2n) is 2.82. The minimum absolute atomic E-state index is 0. The van der Waals surface area contributed by atoms with Gasteiger partial charge in [-0.1, -0.05) is 5.16 Å². The van der Waals surface area contributed by atoms with Crippen molar-refractivity contribution in [3.8, 4) is 0 Å². The summed E-state index contributed by atoms with van der Waals surface area (Å²) in [5, 5.41) is 7.15. The highest BCUT2D eigenvalue weighted by Gasteiger charge is 2.20. The Kier molecular flexibility index (Phi) is 3.05. The smallest absolute Gasteiger partial charge is 0.223 e. The zero-order valence-corrected chi connectivity index (χ0v) is 7.73. The predicted molar refractivity (Wildman–Crippen MR) is 46.3 cm³/mol. The highest BCUT2D eigenvalue weighted by molar-refractivity contribution is 5.85. The summed E-state index contributed by atoms with van der Waals surface area (Å²) in [7, 11) is 0. The fourth-order valence-corrected chi connectivity index (χ4v) is 1.36. The summed E-state index contributed by atoms with van der Waals surface area (Å²) in [5.41, 5.74) is 0. The van der Waals surface area contributed by atoms with Gasteiger partial charge in [0.15, 0.2) is 5.82 Å². The summed E-state index contributed by atoms with van der Waals surface area (Å²) in [6.45, 7) is 2.88. The van der Waals surface area contributed by atoms with Gasteiger partial charge in [-0.3, -0.25) is 0 Å². The predicted octanol–water partition coefficient (Wildman–Crippen LogP) is 1.22. The monoisotopic (exact) mass is 189 g/mol. The Hall–Kier alpha value is -0.610. The molecule has 1 aromatic heterocycles. The van der Waals surface area contributed by atoms with Crippen LogP contribution in [0.15, 0.2) is 4.52 Å². The number of rotatable bonds is 1. The maximum Gasteiger partial charge on any atom is 0.223 e. The van der Waals surface area contributed by atoms with E-state index in [1.54, 1.807) is 0 Å². The third-order valence-electron chi connectivity index (χ3n) is 1.92. The Morgan fingerprint density at radius 1 is 1.58 bits per heavy atom. The Labute approximate surface area is 77.1 Å². The summed E-state index contributed by atoms with van der Waals surface area (Å²) in [4.78, 5) is 4.15. The number of nitrogens with one attached hydrogen (secondary N) is 1. The molecule has 0 aromatic carbocycles.